The molecule has 164 valence electrons. The normalized spacial score (nSPS) is 11.4. The van der Waals surface area contributed by atoms with Crippen LogP contribution in [0.5, 0.6) is 11.5 Å². The van der Waals surface area contributed by atoms with Crippen LogP contribution >= 0.6 is 11.7 Å². The molecule has 1 heterocycles. The van der Waals surface area contributed by atoms with Gasteiger partial charge in [-0.1, -0.05) is 0 Å². The van der Waals surface area contributed by atoms with Crippen molar-refractivity contribution in [3.8, 4) is 11.5 Å². The highest BCUT2D eigenvalue weighted by Crippen LogP contribution is 2.32. The average molecular weight is 466 g/mol. The Morgan fingerprint density at radius 2 is 1.66 bits per heavy atom. The van der Waals surface area contributed by atoms with E-state index >= 15 is 0 Å². The second-order valence-corrected chi connectivity index (χ2v) is 6.96. The van der Waals surface area contributed by atoms with E-state index < -0.39 is 35.1 Å². The fraction of sp³-hybridized carbons (Fsp3) is 0.0500. The van der Waals surface area contributed by atoms with Gasteiger partial charge in [-0.2, -0.15) is 21.9 Å². The summed E-state index contributed by atoms with van der Waals surface area (Å²) in [4.78, 5) is 12.0. The summed E-state index contributed by atoms with van der Waals surface area (Å²) < 4.78 is 80.1. The maximum Gasteiger partial charge on any atom is 0.416 e. The van der Waals surface area contributed by atoms with Crippen LogP contribution in [0.2, 0.25) is 0 Å². The zero-order valence-electron chi connectivity index (χ0n) is 15.7. The number of nitrogens with one attached hydrogen (secondary N) is 2. The Hall–Kier alpha value is -3.80. The Kier molecular flexibility index (Phi) is 5.61. The van der Waals surface area contributed by atoms with Crippen molar-refractivity contribution in [1.29, 1.82) is 0 Å². The third-order valence-corrected chi connectivity index (χ3v) is 4.74. The van der Waals surface area contributed by atoms with E-state index in [0.29, 0.717) is 35.0 Å². The van der Waals surface area contributed by atoms with Crippen LogP contribution in [-0.4, -0.2) is 14.8 Å². The van der Waals surface area contributed by atoms with Crippen LogP contribution in [-0.2, 0) is 6.18 Å². The van der Waals surface area contributed by atoms with Crippen molar-refractivity contribution in [2.24, 2.45) is 0 Å². The predicted molar refractivity (Wildman–Crippen MR) is 108 cm³/mol. The van der Waals surface area contributed by atoms with Crippen molar-refractivity contribution >= 4 is 40.2 Å². The summed E-state index contributed by atoms with van der Waals surface area (Å²) in [5, 5.41) is 4.19. The number of alkyl halides is 3. The monoisotopic (exact) mass is 466 g/mol. The number of halogens is 5. The Morgan fingerprint density at radius 3 is 2.41 bits per heavy atom. The Balaban J connectivity index is 1.45. The van der Waals surface area contributed by atoms with Gasteiger partial charge in [-0.25, -0.2) is 13.6 Å². The first-order valence-electron chi connectivity index (χ1n) is 8.83. The number of fused-ring (bicyclic) bond motifs is 1. The van der Waals surface area contributed by atoms with Gasteiger partial charge < -0.3 is 15.4 Å². The molecule has 0 fully saturated rings. The van der Waals surface area contributed by atoms with Crippen molar-refractivity contribution in [1.82, 2.24) is 8.75 Å². The molecule has 0 saturated heterocycles. The number of ether oxygens (including phenoxy) is 1. The van der Waals surface area contributed by atoms with Crippen LogP contribution in [0.4, 0.5) is 38.1 Å². The smallest absolute Gasteiger partial charge is 0.416 e. The molecule has 0 atom stereocenters. The molecule has 1 aromatic heterocycles. The molecule has 2 amide bonds. The quantitative estimate of drug-likeness (QED) is 0.340. The highest BCUT2D eigenvalue weighted by Gasteiger charge is 2.31. The van der Waals surface area contributed by atoms with E-state index in [9.17, 15) is 26.7 Å². The van der Waals surface area contributed by atoms with E-state index in [2.05, 4.69) is 14.1 Å². The summed E-state index contributed by atoms with van der Waals surface area (Å²) in [5.41, 5.74) is -0.577. The molecule has 0 aliphatic heterocycles. The third kappa shape index (κ3) is 4.75. The van der Waals surface area contributed by atoms with Crippen molar-refractivity contribution in [3.63, 3.8) is 0 Å². The Morgan fingerprint density at radius 1 is 0.875 bits per heavy atom. The Labute approximate surface area is 181 Å². The molecule has 0 unspecified atom stereocenters. The molecule has 0 saturated carbocycles. The molecule has 4 rings (SSSR count). The van der Waals surface area contributed by atoms with Gasteiger partial charge in [0.15, 0.2) is 11.6 Å². The average Bonchev–Trinajstić information content (AvgIpc) is 3.19. The highest BCUT2D eigenvalue weighted by molar-refractivity contribution is 7.00. The fourth-order valence-corrected chi connectivity index (χ4v) is 3.21. The molecule has 2 N–H and O–H groups in total. The van der Waals surface area contributed by atoms with Gasteiger partial charge in [0.25, 0.3) is 0 Å². The van der Waals surface area contributed by atoms with Gasteiger partial charge in [0.1, 0.15) is 22.6 Å². The lowest BCUT2D eigenvalue weighted by atomic mass is 10.2. The van der Waals surface area contributed by atoms with Crippen molar-refractivity contribution in [2.75, 3.05) is 10.6 Å². The first-order valence-corrected chi connectivity index (χ1v) is 9.56. The summed E-state index contributed by atoms with van der Waals surface area (Å²) in [6.07, 6.45) is -4.71. The van der Waals surface area contributed by atoms with E-state index in [4.69, 9.17) is 4.74 Å². The van der Waals surface area contributed by atoms with Crippen LogP contribution in [0.25, 0.3) is 11.0 Å². The van der Waals surface area contributed by atoms with Gasteiger partial charge in [0.05, 0.1) is 23.0 Å². The molecule has 0 spiro atoms. The van der Waals surface area contributed by atoms with E-state index in [1.54, 1.807) is 18.2 Å². The summed E-state index contributed by atoms with van der Waals surface area (Å²) >= 11 is 1.03. The van der Waals surface area contributed by atoms with E-state index in [1.165, 1.54) is 12.1 Å². The topological polar surface area (TPSA) is 76.1 Å². The van der Waals surface area contributed by atoms with Crippen molar-refractivity contribution < 1.29 is 31.5 Å². The summed E-state index contributed by atoms with van der Waals surface area (Å²) in [5.74, 6) is -1.69. The first kappa shape index (κ1) is 21.4. The largest absolute Gasteiger partial charge is 0.454 e. The van der Waals surface area contributed by atoms with Gasteiger partial charge in [0, 0.05) is 17.8 Å². The molecule has 4 aromatic rings. The fourth-order valence-electron chi connectivity index (χ4n) is 2.70. The van der Waals surface area contributed by atoms with Gasteiger partial charge in [-0.05, 0) is 42.5 Å². The minimum atomic E-state index is -4.71. The maximum atomic E-state index is 14.4. The number of carbonyl (C=O) groups is 1. The van der Waals surface area contributed by atoms with Gasteiger partial charge in [-0.15, -0.1) is 0 Å². The standard InChI is InChI=1S/C20H11F5N4O2S/c21-13-4-1-10(20(23,24)25)7-16(13)27-19(30)26-11-2-6-18(14(22)8-11)31-12-3-5-15-17(9-12)29-32-28-15/h1-9H,(H2,26,27,30). The van der Waals surface area contributed by atoms with E-state index in [1.807, 2.05) is 5.32 Å². The molecule has 3 aromatic carbocycles. The lowest BCUT2D eigenvalue weighted by Gasteiger charge is -2.12. The maximum absolute atomic E-state index is 14.4. The van der Waals surface area contributed by atoms with Crippen LogP contribution in [0.3, 0.4) is 0 Å². The molecular formula is C20H11F5N4O2S. The second-order valence-electron chi connectivity index (χ2n) is 6.43. The van der Waals surface area contributed by atoms with Crippen LogP contribution < -0.4 is 15.4 Å². The molecule has 32 heavy (non-hydrogen) atoms. The zero-order chi connectivity index (χ0) is 22.9. The number of amides is 2. The number of nitrogens with zero attached hydrogens (tertiary/aromatic N) is 2. The predicted octanol–water partition coefficient (Wildman–Crippen LogP) is 6.42. The van der Waals surface area contributed by atoms with Crippen molar-refractivity contribution in [3.05, 3.63) is 71.8 Å². The summed E-state index contributed by atoms with van der Waals surface area (Å²) in [7, 11) is 0. The summed E-state index contributed by atoms with van der Waals surface area (Å²) in [6, 6.07) is 8.88. The molecule has 0 bridgehead atoms. The van der Waals surface area contributed by atoms with E-state index in [0.717, 1.165) is 17.8 Å². The molecule has 0 aliphatic carbocycles. The second kappa shape index (κ2) is 8.38. The number of hydrogen-bond donors (Lipinski definition) is 2. The van der Waals surface area contributed by atoms with Crippen LogP contribution in [0.15, 0.2) is 54.6 Å². The van der Waals surface area contributed by atoms with Crippen molar-refractivity contribution in [2.45, 2.75) is 6.18 Å². The first-order chi connectivity index (χ1) is 15.2. The summed E-state index contributed by atoms with van der Waals surface area (Å²) in [6.45, 7) is 0. The zero-order valence-corrected chi connectivity index (χ0v) is 16.5. The molecule has 12 heteroatoms. The number of rotatable bonds is 4. The number of benzene rings is 3. The lowest BCUT2D eigenvalue weighted by Crippen LogP contribution is -2.20. The number of urea groups is 1. The number of anilines is 2. The molecule has 0 radical (unpaired) electrons. The van der Waals surface area contributed by atoms with E-state index in [-0.39, 0.29) is 11.4 Å². The minimum Gasteiger partial charge on any atom is -0.454 e. The SMILES string of the molecule is O=C(Nc1ccc(Oc2ccc3nsnc3c2)c(F)c1)Nc1cc(C(F)(F)F)ccc1F. The Bertz CT molecular complexity index is 1310. The molecular weight excluding hydrogens is 455 g/mol. The highest BCUT2D eigenvalue weighted by atomic mass is 32.1. The minimum absolute atomic E-state index is 0.0288. The molecule has 6 nitrogen and oxygen atoms in total. The van der Waals surface area contributed by atoms with Gasteiger partial charge in [0.2, 0.25) is 0 Å². The number of hydrogen-bond acceptors (Lipinski definition) is 5. The number of carbonyl (C=O) groups excluding carboxylic acids is 1. The van der Waals surface area contributed by atoms with Crippen LogP contribution in [0, 0.1) is 11.6 Å². The number of aromatic nitrogens is 2. The lowest BCUT2D eigenvalue weighted by molar-refractivity contribution is -0.137. The molecule has 0 aliphatic rings. The third-order valence-electron chi connectivity index (χ3n) is 4.18. The van der Waals surface area contributed by atoms with Gasteiger partial charge in [-0.3, -0.25) is 0 Å². The van der Waals surface area contributed by atoms with Gasteiger partial charge >= 0.3 is 12.2 Å². The van der Waals surface area contributed by atoms with Crippen LogP contribution in [0.1, 0.15) is 5.56 Å².